The lowest BCUT2D eigenvalue weighted by Crippen LogP contribution is -2.43. The van der Waals surface area contributed by atoms with Gasteiger partial charge in [-0.25, -0.2) is 4.39 Å². The molecule has 4 aromatic rings. The second kappa shape index (κ2) is 14.6. The van der Waals surface area contributed by atoms with Gasteiger partial charge in [-0.1, -0.05) is 38.1 Å². The minimum absolute atomic E-state index is 0.0815. The molecule has 0 aliphatic rings. The number of ether oxygens (including phenoxy) is 1. The Kier molecular flexibility index (Phi) is 10.5. The van der Waals surface area contributed by atoms with Gasteiger partial charge in [0.05, 0.1) is 19.4 Å². The number of hydrogen-bond donors (Lipinski definition) is 2. The molecule has 8 nitrogen and oxygen atoms in total. The van der Waals surface area contributed by atoms with Gasteiger partial charge in [-0.15, -0.1) is 0 Å². The fourth-order valence-electron chi connectivity index (χ4n) is 4.38. The van der Waals surface area contributed by atoms with Gasteiger partial charge in [-0.2, -0.15) is 0 Å². The van der Waals surface area contributed by atoms with Crippen LogP contribution in [0.15, 0.2) is 108 Å². The predicted octanol–water partition coefficient (Wildman–Crippen LogP) is 6.53. The van der Waals surface area contributed by atoms with Crippen molar-refractivity contribution < 1.29 is 27.9 Å². The van der Waals surface area contributed by atoms with Crippen LogP contribution in [0.2, 0.25) is 0 Å². The van der Waals surface area contributed by atoms with E-state index in [4.69, 9.17) is 9.15 Å². The molecule has 1 heterocycles. The summed E-state index contributed by atoms with van der Waals surface area (Å²) in [5, 5.41) is 5.52. The Morgan fingerprint density at radius 2 is 1.58 bits per heavy atom. The highest BCUT2D eigenvalue weighted by Crippen LogP contribution is 2.30. The first kappa shape index (κ1) is 30.8. The Labute approximate surface area is 250 Å². The SMILES string of the molecule is CCOc1ccc(NC(=O)/C=C\C(=O)N(c2ccc(C(C)C)cc2)[C@H](C(=O)NCc2ccco2)c2ccc(F)cc2)cc1. The molecule has 1 atom stereocenters. The van der Waals surface area contributed by atoms with Crippen LogP contribution in [0.3, 0.4) is 0 Å². The summed E-state index contributed by atoms with van der Waals surface area (Å²) in [5.74, 6) is -0.720. The highest BCUT2D eigenvalue weighted by molar-refractivity contribution is 6.10. The van der Waals surface area contributed by atoms with Crippen molar-refractivity contribution in [2.75, 3.05) is 16.8 Å². The van der Waals surface area contributed by atoms with Gasteiger partial charge in [-0.3, -0.25) is 19.3 Å². The summed E-state index contributed by atoms with van der Waals surface area (Å²) in [6.07, 6.45) is 3.71. The van der Waals surface area contributed by atoms with Gasteiger partial charge in [0.2, 0.25) is 11.8 Å². The standard InChI is InChI=1S/C34H34FN3O5/c1-4-42-29-17-13-27(14-18-29)37-31(39)19-20-32(40)38(28-15-9-24(10-16-28)23(2)3)33(25-7-11-26(35)12-8-25)34(41)36-22-30-6-5-21-43-30/h5-21,23,33H,4,22H2,1-3H3,(H,36,41)(H,37,39)/b20-19-/t33-/m0/s1. The van der Waals surface area contributed by atoms with Crippen LogP contribution in [0.1, 0.15) is 49.6 Å². The van der Waals surface area contributed by atoms with Gasteiger partial charge in [0.1, 0.15) is 23.4 Å². The monoisotopic (exact) mass is 583 g/mol. The average Bonchev–Trinajstić information content (AvgIpc) is 3.53. The van der Waals surface area contributed by atoms with E-state index in [1.165, 1.54) is 35.4 Å². The van der Waals surface area contributed by atoms with Gasteiger partial charge < -0.3 is 19.8 Å². The summed E-state index contributed by atoms with van der Waals surface area (Å²) in [5.41, 5.74) is 2.37. The number of carbonyl (C=O) groups is 3. The van der Waals surface area contributed by atoms with Gasteiger partial charge >= 0.3 is 0 Å². The lowest BCUT2D eigenvalue weighted by molar-refractivity contribution is -0.125. The van der Waals surface area contributed by atoms with Crippen molar-refractivity contribution >= 4 is 29.1 Å². The molecule has 0 saturated heterocycles. The lowest BCUT2D eigenvalue weighted by Gasteiger charge is -2.31. The lowest BCUT2D eigenvalue weighted by atomic mass is 10.0. The third kappa shape index (κ3) is 8.42. The zero-order valence-electron chi connectivity index (χ0n) is 24.3. The Balaban J connectivity index is 1.65. The van der Waals surface area contributed by atoms with E-state index < -0.39 is 29.6 Å². The molecule has 4 rings (SSSR count). The van der Waals surface area contributed by atoms with Crippen LogP contribution in [0.5, 0.6) is 5.75 Å². The van der Waals surface area contributed by atoms with Crippen LogP contribution in [-0.4, -0.2) is 24.3 Å². The Morgan fingerprint density at radius 1 is 0.907 bits per heavy atom. The number of rotatable bonds is 12. The van der Waals surface area contributed by atoms with E-state index in [1.807, 2.05) is 32.9 Å². The molecular formula is C34H34FN3O5. The summed E-state index contributed by atoms with van der Waals surface area (Å²) in [4.78, 5) is 41.5. The Bertz CT molecular complexity index is 1530. The van der Waals surface area contributed by atoms with E-state index in [-0.39, 0.29) is 12.5 Å². The molecule has 3 amide bonds. The fraction of sp³-hybridized carbons (Fsp3) is 0.206. The Morgan fingerprint density at radius 3 is 2.19 bits per heavy atom. The number of amides is 3. The molecule has 0 spiro atoms. The number of hydrogen-bond acceptors (Lipinski definition) is 5. The van der Waals surface area contributed by atoms with Gasteiger partial charge in [0, 0.05) is 23.5 Å². The van der Waals surface area contributed by atoms with Crippen LogP contribution in [0.25, 0.3) is 0 Å². The molecule has 9 heteroatoms. The molecule has 2 N–H and O–H groups in total. The first-order valence-corrected chi connectivity index (χ1v) is 14.0. The third-order valence-electron chi connectivity index (χ3n) is 6.59. The molecule has 1 aromatic heterocycles. The number of nitrogens with one attached hydrogen (secondary N) is 2. The van der Waals surface area contributed by atoms with Gasteiger partial charge in [-0.05, 0) is 84.6 Å². The summed E-state index contributed by atoms with van der Waals surface area (Å²) >= 11 is 0. The number of carbonyl (C=O) groups excluding carboxylic acids is 3. The highest BCUT2D eigenvalue weighted by Gasteiger charge is 2.32. The molecule has 43 heavy (non-hydrogen) atoms. The second-order valence-corrected chi connectivity index (χ2v) is 9.99. The highest BCUT2D eigenvalue weighted by atomic mass is 19.1. The number of furan rings is 1. The molecule has 222 valence electrons. The van der Waals surface area contributed by atoms with Crippen molar-refractivity contribution in [3.05, 3.63) is 126 Å². The number of benzene rings is 3. The molecule has 0 saturated carbocycles. The molecule has 0 radical (unpaired) electrons. The Hall–Kier alpha value is -5.18. The largest absolute Gasteiger partial charge is 0.494 e. The van der Waals surface area contributed by atoms with Crippen molar-refractivity contribution in [1.29, 1.82) is 0 Å². The van der Waals surface area contributed by atoms with E-state index in [0.29, 0.717) is 35.1 Å². The first-order chi connectivity index (χ1) is 20.7. The smallest absolute Gasteiger partial charge is 0.252 e. The zero-order valence-corrected chi connectivity index (χ0v) is 24.3. The van der Waals surface area contributed by atoms with Crippen LogP contribution in [-0.2, 0) is 20.9 Å². The number of anilines is 2. The zero-order chi connectivity index (χ0) is 30.8. The molecule has 3 aromatic carbocycles. The number of nitrogens with zero attached hydrogens (tertiary/aromatic N) is 1. The van der Waals surface area contributed by atoms with Crippen LogP contribution in [0.4, 0.5) is 15.8 Å². The van der Waals surface area contributed by atoms with E-state index in [1.54, 1.807) is 48.5 Å². The first-order valence-electron chi connectivity index (χ1n) is 14.0. The third-order valence-corrected chi connectivity index (χ3v) is 6.59. The molecule has 0 bridgehead atoms. The summed E-state index contributed by atoms with van der Waals surface area (Å²) in [7, 11) is 0. The molecular weight excluding hydrogens is 549 g/mol. The molecule has 0 fully saturated rings. The predicted molar refractivity (Wildman–Crippen MR) is 163 cm³/mol. The summed E-state index contributed by atoms with van der Waals surface area (Å²) in [6.45, 7) is 6.58. The van der Waals surface area contributed by atoms with Crippen LogP contribution < -0.4 is 20.3 Å². The van der Waals surface area contributed by atoms with Gasteiger partial charge in [0.15, 0.2) is 0 Å². The average molecular weight is 584 g/mol. The maximum Gasteiger partial charge on any atom is 0.252 e. The summed E-state index contributed by atoms with van der Waals surface area (Å²) < 4.78 is 24.6. The van der Waals surface area contributed by atoms with Crippen LogP contribution in [0, 0.1) is 5.82 Å². The quantitative estimate of drug-likeness (QED) is 0.185. The van der Waals surface area contributed by atoms with Crippen molar-refractivity contribution in [2.24, 2.45) is 0 Å². The van der Waals surface area contributed by atoms with Crippen molar-refractivity contribution in [3.8, 4) is 5.75 Å². The number of halogens is 1. The fourth-order valence-corrected chi connectivity index (χ4v) is 4.38. The van der Waals surface area contributed by atoms with E-state index in [0.717, 1.165) is 17.7 Å². The molecule has 0 aliphatic heterocycles. The van der Waals surface area contributed by atoms with E-state index >= 15 is 0 Å². The maximum atomic E-state index is 13.9. The topological polar surface area (TPSA) is 101 Å². The van der Waals surface area contributed by atoms with E-state index in [9.17, 15) is 18.8 Å². The molecule has 0 aliphatic carbocycles. The minimum atomic E-state index is -1.19. The molecule has 0 unspecified atom stereocenters. The van der Waals surface area contributed by atoms with Crippen molar-refractivity contribution in [2.45, 2.75) is 39.3 Å². The van der Waals surface area contributed by atoms with Gasteiger partial charge in [0.25, 0.3) is 5.91 Å². The maximum absolute atomic E-state index is 13.9. The van der Waals surface area contributed by atoms with E-state index in [2.05, 4.69) is 10.6 Å². The van der Waals surface area contributed by atoms with Crippen molar-refractivity contribution in [3.63, 3.8) is 0 Å². The summed E-state index contributed by atoms with van der Waals surface area (Å²) in [6, 6.07) is 21.7. The van der Waals surface area contributed by atoms with Crippen molar-refractivity contribution in [1.82, 2.24) is 5.32 Å². The normalized spacial score (nSPS) is 11.7. The minimum Gasteiger partial charge on any atom is -0.494 e. The van der Waals surface area contributed by atoms with Crippen LogP contribution >= 0.6 is 0 Å². The second-order valence-electron chi connectivity index (χ2n) is 9.99.